The summed E-state index contributed by atoms with van der Waals surface area (Å²) in [5, 5.41) is 1.59. The second-order valence-electron chi connectivity index (χ2n) is 9.48. The van der Waals surface area contributed by atoms with E-state index in [-0.39, 0.29) is 29.8 Å². The van der Waals surface area contributed by atoms with Crippen molar-refractivity contribution in [1.29, 1.82) is 0 Å². The van der Waals surface area contributed by atoms with Gasteiger partial charge in [-0.25, -0.2) is 5.01 Å². The minimum absolute atomic E-state index is 0.0533. The van der Waals surface area contributed by atoms with Crippen LogP contribution in [0.1, 0.15) is 66.2 Å². The molecule has 1 amide bonds. The Morgan fingerprint density at radius 3 is 2.38 bits per heavy atom. The normalized spacial score (nSPS) is 21.6. The van der Waals surface area contributed by atoms with E-state index >= 15 is 0 Å². The lowest BCUT2D eigenvalue weighted by atomic mass is 9.82. The fourth-order valence-electron chi connectivity index (χ4n) is 4.42. The van der Waals surface area contributed by atoms with Crippen molar-refractivity contribution in [3.05, 3.63) is 69.9 Å². The van der Waals surface area contributed by atoms with Crippen LogP contribution in [0.4, 0.5) is 0 Å². The van der Waals surface area contributed by atoms with Crippen LogP contribution < -0.4 is 5.43 Å². The molecule has 0 aromatic rings. The van der Waals surface area contributed by atoms with Crippen molar-refractivity contribution in [3.63, 3.8) is 0 Å². The number of fused-ring (bicyclic) bond motifs is 2. The lowest BCUT2D eigenvalue weighted by molar-refractivity contribution is -0.128. The van der Waals surface area contributed by atoms with Gasteiger partial charge in [0.05, 0.1) is 12.0 Å². The number of allylic oxidation sites excluding steroid dienone is 7. The molecule has 1 heterocycles. The Morgan fingerprint density at radius 2 is 1.68 bits per heavy atom. The van der Waals surface area contributed by atoms with Crippen LogP contribution in [0.3, 0.4) is 0 Å². The first kappa shape index (κ1) is 25.5. The van der Waals surface area contributed by atoms with E-state index in [0.717, 1.165) is 31.3 Å². The zero-order valence-corrected chi connectivity index (χ0v) is 20.6. The molecule has 3 aliphatic rings. The van der Waals surface area contributed by atoms with Crippen LogP contribution >= 0.6 is 0 Å². The fourth-order valence-corrected chi connectivity index (χ4v) is 4.42. The fraction of sp³-hybridized carbons (Fsp3) is 0.429. The number of ketones is 3. The SMILES string of the molecule is CC(C)=CCCC(C)=CCCC(C)=CCN1NC(=O)C2=CC(=O)CC(=O)C2=C2C=CCC(=O)C21. The van der Waals surface area contributed by atoms with Gasteiger partial charge in [-0.1, -0.05) is 47.1 Å². The molecule has 1 aliphatic heterocycles. The molecule has 34 heavy (non-hydrogen) atoms. The second-order valence-corrected chi connectivity index (χ2v) is 9.48. The van der Waals surface area contributed by atoms with E-state index in [0.29, 0.717) is 12.1 Å². The molecule has 180 valence electrons. The largest absolute Gasteiger partial charge is 0.297 e. The van der Waals surface area contributed by atoms with Gasteiger partial charge >= 0.3 is 0 Å². The predicted octanol–water partition coefficient (Wildman–Crippen LogP) is 4.41. The van der Waals surface area contributed by atoms with Gasteiger partial charge in [-0.05, 0) is 65.0 Å². The molecule has 6 heteroatoms. The van der Waals surface area contributed by atoms with Crippen LogP contribution in [-0.2, 0) is 19.2 Å². The van der Waals surface area contributed by atoms with Crippen molar-refractivity contribution < 1.29 is 19.2 Å². The van der Waals surface area contributed by atoms with E-state index in [1.807, 2.05) is 13.0 Å². The van der Waals surface area contributed by atoms with Gasteiger partial charge in [-0.2, -0.15) is 0 Å². The van der Waals surface area contributed by atoms with Crippen LogP contribution in [0.15, 0.2) is 69.9 Å². The minimum atomic E-state index is -0.742. The van der Waals surface area contributed by atoms with Crippen molar-refractivity contribution in [2.45, 2.75) is 72.3 Å². The molecular formula is C28H34N2O4. The number of carbonyl (C=O) groups excluding carboxylic acids is 4. The van der Waals surface area contributed by atoms with Crippen LogP contribution in [0.25, 0.3) is 0 Å². The maximum absolute atomic E-state index is 12.9. The van der Waals surface area contributed by atoms with Crippen LogP contribution in [0.2, 0.25) is 0 Å². The maximum atomic E-state index is 12.9. The molecule has 1 atom stereocenters. The number of nitrogens with zero attached hydrogens (tertiary/aromatic N) is 1. The Hall–Kier alpha value is -3.12. The predicted molar refractivity (Wildman–Crippen MR) is 133 cm³/mol. The van der Waals surface area contributed by atoms with Gasteiger partial charge in [-0.15, -0.1) is 0 Å². The first-order valence-electron chi connectivity index (χ1n) is 11.9. The average molecular weight is 463 g/mol. The first-order chi connectivity index (χ1) is 16.2. The Balaban J connectivity index is 1.74. The van der Waals surface area contributed by atoms with Gasteiger partial charge in [0.15, 0.2) is 17.3 Å². The average Bonchev–Trinajstić information content (AvgIpc) is 2.87. The minimum Gasteiger partial charge on any atom is -0.297 e. The van der Waals surface area contributed by atoms with E-state index in [2.05, 4.69) is 38.3 Å². The summed E-state index contributed by atoms with van der Waals surface area (Å²) >= 11 is 0. The van der Waals surface area contributed by atoms with Crippen molar-refractivity contribution in [3.8, 4) is 0 Å². The Morgan fingerprint density at radius 1 is 1.00 bits per heavy atom. The summed E-state index contributed by atoms with van der Waals surface area (Å²) in [7, 11) is 0. The molecule has 0 saturated carbocycles. The number of Topliss-reactive ketones (excluding diaryl/α,β-unsaturated/α-hetero) is 2. The molecule has 2 aliphatic carbocycles. The highest BCUT2D eigenvalue weighted by Gasteiger charge is 2.41. The van der Waals surface area contributed by atoms with E-state index < -0.39 is 23.5 Å². The molecule has 6 nitrogen and oxygen atoms in total. The number of carbonyl (C=O) groups is 4. The first-order valence-corrected chi connectivity index (χ1v) is 11.9. The molecule has 0 radical (unpaired) electrons. The van der Waals surface area contributed by atoms with Gasteiger partial charge in [0.2, 0.25) is 0 Å². The molecule has 0 saturated heterocycles. The topological polar surface area (TPSA) is 83.6 Å². The zero-order chi connectivity index (χ0) is 24.8. The highest BCUT2D eigenvalue weighted by atomic mass is 16.2. The maximum Gasteiger partial charge on any atom is 0.266 e. The number of nitrogens with one attached hydrogen (secondary N) is 1. The number of hydrogen-bond acceptors (Lipinski definition) is 5. The van der Waals surface area contributed by atoms with E-state index in [9.17, 15) is 19.2 Å². The summed E-state index contributed by atoms with van der Waals surface area (Å²) < 4.78 is 0. The summed E-state index contributed by atoms with van der Waals surface area (Å²) in [6, 6.07) is -0.742. The third-order valence-corrected chi connectivity index (χ3v) is 6.25. The van der Waals surface area contributed by atoms with Gasteiger partial charge in [-0.3, -0.25) is 24.6 Å². The Bertz CT molecular complexity index is 1080. The third kappa shape index (κ3) is 6.26. The van der Waals surface area contributed by atoms with Crippen molar-refractivity contribution in [1.82, 2.24) is 10.4 Å². The van der Waals surface area contributed by atoms with E-state index in [1.165, 1.54) is 17.2 Å². The number of hydrogen-bond donors (Lipinski definition) is 1. The molecule has 0 aromatic heterocycles. The summed E-state index contributed by atoms with van der Waals surface area (Å²) in [6.45, 7) is 8.75. The van der Waals surface area contributed by atoms with E-state index in [1.54, 1.807) is 17.2 Å². The smallest absolute Gasteiger partial charge is 0.266 e. The van der Waals surface area contributed by atoms with Crippen LogP contribution in [0, 0.1) is 0 Å². The molecule has 1 unspecified atom stereocenters. The van der Waals surface area contributed by atoms with Crippen molar-refractivity contribution in [2.24, 2.45) is 0 Å². The molecule has 3 rings (SSSR count). The summed E-state index contributed by atoms with van der Waals surface area (Å²) in [5.41, 5.74) is 7.39. The lowest BCUT2D eigenvalue weighted by Crippen LogP contribution is -2.51. The number of rotatable bonds is 8. The highest BCUT2D eigenvalue weighted by Crippen LogP contribution is 2.32. The van der Waals surface area contributed by atoms with Gasteiger partial charge < -0.3 is 0 Å². The molecule has 0 fully saturated rings. The van der Waals surface area contributed by atoms with E-state index in [4.69, 9.17) is 0 Å². The van der Waals surface area contributed by atoms with Gasteiger partial charge in [0.25, 0.3) is 5.91 Å². The quantitative estimate of drug-likeness (QED) is 0.427. The van der Waals surface area contributed by atoms with Crippen molar-refractivity contribution in [2.75, 3.05) is 6.54 Å². The summed E-state index contributed by atoms with van der Waals surface area (Å²) in [4.78, 5) is 50.3. The Labute approximate surface area is 201 Å². The molecule has 0 bridgehead atoms. The number of hydrazine groups is 1. The molecule has 0 spiro atoms. The molecular weight excluding hydrogens is 428 g/mol. The Kier molecular flexibility index (Phi) is 8.51. The molecule has 0 aromatic carbocycles. The van der Waals surface area contributed by atoms with Crippen molar-refractivity contribution >= 4 is 23.3 Å². The van der Waals surface area contributed by atoms with Gasteiger partial charge in [0, 0.05) is 18.5 Å². The third-order valence-electron chi connectivity index (χ3n) is 6.25. The second kappa shape index (κ2) is 11.3. The zero-order valence-electron chi connectivity index (χ0n) is 20.6. The lowest BCUT2D eigenvalue weighted by Gasteiger charge is -2.31. The van der Waals surface area contributed by atoms with Gasteiger partial charge in [0.1, 0.15) is 6.04 Å². The highest BCUT2D eigenvalue weighted by molar-refractivity contribution is 6.25. The van der Waals surface area contributed by atoms with Crippen LogP contribution in [-0.4, -0.2) is 40.9 Å². The standard InChI is InChI=1S/C28H34N2O4/c1-18(2)8-5-9-19(3)10-6-11-20(4)14-15-30-27-22(12-7-13-24(27)32)26-23(28(34)29-30)16-21(31)17-25(26)33/h7-8,10,12,14,16,27H,5-6,9,11,13,15,17H2,1-4H3,(H,29,34). The summed E-state index contributed by atoms with van der Waals surface area (Å²) in [6.07, 6.45) is 15.1. The molecule has 1 N–H and O–H groups in total. The van der Waals surface area contributed by atoms with Crippen LogP contribution in [0.5, 0.6) is 0 Å². The monoisotopic (exact) mass is 462 g/mol. The number of amides is 1. The summed E-state index contributed by atoms with van der Waals surface area (Å²) in [5.74, 6) is -1.41.